The molecular weight excluding hydrogens is 362 g/mol. The fourth-order valence-corrected chi connectivity index (χ4v) is 4.35. The number of amides is 1. The minimum atomic E-state index is -0.177. The van der Waals surface area contributed by atoms with Crippen molar-refractivity contribution in [3.63, 3.8) is 0 Å². The zero-order valence-electron chi connectivity index (χ0n) is 17.4. The molecule has 1 aliphatic rings. The van der Waals surface area contributed by atoms with Gasteiger partial charge < -0.3 is 15.0 Å². The number of aromatic nitrogens is 1. The van der Waals surface area contributed by atoms with Gasteiger partial charge >= 0.3 is 0 Å². The summed E-state index contributed by atoms with van der Waals surface area (Å²) in [5.74, 6) is 1.24. The molecule has 5 heteroatoms. The summed E-state index contributed by atoms with van der Waals surface area (Å²) < 4.78 is 5.39. The number of aryl methyl sites for hydroxylation is 1. The summed E-state index contributed by atoms with van der Waals surface area (Å²) in [7, 11) is 1.62. The lowest BCUT2D eigenvalue weighted by molar-refractivity contribution is -0.121. The average molecular weight is 392 g/mol. The third-order valence-electron chi connectivity index (χ3n) is 6.13. The van der Waals surface area contributed by atoms with Crippen LogP contribution in [0.25, 0.3) is 10.9 Å². The van der Waals surface area contributed by atoms with E-state index in [1.165, 1.54) is 16.5 Å². The Morgan fingerprint density at radius 1 is 1.21 bits per heavy atom. The number of carbonyl (C=O) groups excluding carboxylic acids is 1. The lowest BCUT2D eigenvalue weighted by Gasteiger charge is -2.35. The molecule has 29 heavy (non-hydrogen) atoms. The Bertz CT molecular complexity index is 1000. The highest BCUT2D eigenvalue weighted by Crippen LogP contribution is 2.34. The number of methoxy groups -OCH3 is 1. The summed E-state index contributed by atoms with van der Waals surface area (Å²) in [5.41, 5.74) is 4.43. The Labute approximate surface area is 172 Å². The van der Waals surface area contributed by atoms with Gasteiger partial charge in [-0.3, -0.25) is 9.69 Å². The smallest absolute Gasteiger partial charge is 0.241 e. The normalized spacial score (nSPS) is 16.7. The van der Waals surface area contributed by atoms with Gasteiger partial charge in [-0.05, 0) is 75.0 Å². The number of fused-ring (bicyclic) bond motifs is 1. The van der Waals surface area contributed by atoms with E-state index in [0.29, 0.717) is 11.7 Å². The number of nitrogens with one attached hydrogen (secondary N) is 2. The van der Waals surface area contributed by atoms with Crippen molar-refractivity contribution in [2.45, 2.75) is 38.6 Å². The number of H-pyrrole nitrogens is 1. The first-order chi connectivity index (χ1) is 14.1. The molecule has 2 N–H and O–H groups in total. The van der Waals surface area contributed by atoms with E-state index < -0.39 is 0 Å². The molecule has 4 rings (SSSR count). The average Bonchev–Trinajstić information content (AvgIpc) is 3.17. The molecule has 1 aromatic heterocycles. The van der Waals surface area contributed by atoms with Crippen molar-refractivity contribution in [1.82, 2.24) is 9.88 Å². The fourth-order valence-electron chi connectivity index (χ4n) is 4.35. The molecule has 1 amide bonds. The van der Waals surface area contributed by atoms with Crippen LogP contribution in [0.3, 0.4) is 0 Å². The zero-order chi connectivity index (χ0) is 20.4. The van der Waals surface area contributed by atoms with Crippen LogP contribution in [0.1, 0.15) is 36.8 Å². The monoisotopic (exact) mass is 391 g/mol. The van der Waals surface area contributed by atoms with Crippen molar-refractivity contribution in [2.75, 3.05) is 25.5 Å². The summed E-state index contributed by atoms with van der Waals surface area (Å²) >= 11 is 0. The molecule has 152 valence electrons. The molecule has 0 aliphatic carbocycles. The Morgan fingerprint density at radius 3 is 2.72 bits per heavy atom. The molecule has 1 atom stereocenters. The van der Waals surface area contributed by atoms with Crippen LogP contribution in [-0.4, -0.2) is 42.0 Å². The first-order valence-corrected chi connectivity index (χ1v) is 10.3. The van der Waals surface area contributed by atoms with E-state index in [-0.39, 0.29) is 11.9 Å². The van der Waals surface area contributed by atoms with E-state index in [9.17, 15) is 4.79 Å². The van der Waals surface area contributed by atoms with Crippen LogP contribution in [0.15, 0.2) is 48.7 Å². The molecule has 1 unspecified atom stereocenters. The lowest BCUT2D eigenvalue weighted by Crippen LogP contribution is -2.45. The predicted molar refractivity (Wildman–Crippen MR) is 118 cm³/mol. The van der Waals surface area contributed by atoms with E-state index in [2.05, 4.69) is 45.7 Å². The van der Waals surface area contributed by atoms with Crippen LogP contribution in [0, 0.1) is 6.92 Å². The first-order valence-electron chi connectivity index (χ1n) is 10.3. The number of piperidine rings is 1. The van der Waals surface area contributed by atoms with Gasteiger partial charge in [0.05, 0.1) is 18.8 Å². The number of anilines is 1. The molecule has 0 spiro atoms. The second-order valence-electron chi connectivity index (χ2n) is 7.97. The zero-order valence-corrected chi connectivity index (χ0v) is 17.4. The first kappa shape index (κ1) is 19.5. The highest BCUT2D eigenvalue weighted by atomic mass is 16.5. The molecule has 1 aliphatic heterocycles. The Balaban J connectivity index is 1.39. The van der Waals surface area contributed by atoms with E-state index in [4.69, 9.17) is 4.74 Å². The molecule has 0 bridgehead atoms. The second kappa shape index (κ2) is 8.29. The SMILES string of the molecule is COc1ccc(C)cc1NC(=O)C(C)N1CCC(c2c[nH]c3ccccc23)CC1. The van der Waals surface area contributed by atoms with Gasteiger partial charge in [-0.25, -0.2) is 0 Å². The van der Waals surface area contributed by atoms with Crippen LogP contribution in [0.4, 0.5) is 5.69 Å². The highest BCUT2D eigenvalue weighted by Gasteiger charge is 2.28. The molecule has 1 fully saturated rings. The van der Waals surface area contributed by atoms with Gasteiger partial charge in [0.25, 0.3) is 0 Å². The fraction of sp³-hybridized carbons (Fsp3) is 0.375. The molecule has 0 saturated carbocycles. The number of rotatable bonds is 5. The van der Waals surface area contributed by atoms with Crippen LogP contribution in [0.5, 0.6) is 5.75 Å². The van der Waals surface area contributed by atoms with E-state index in [1.54, 1.807) is 7.11 Å². The maximum atomic E-state index is 12.9. The van der Waals surface area contributed by atoms with Crippen LogP contribution in [0.2, 0.25) is 0 Å². The molecule has 1 saturated heterocycles. The van der Waals surface area contributed by atoms with Gasteiger partial charge in [0.2, 0.25) is 5.91 Å². The van der Waals surface area contributed by atoms with Gasteiger partial charge in [-0.1, -0.05) is 24.3 Å². The van der Waals surface area contributed by atoms with Crippen molar-refractivity contribution in [3.05, 3.63) is 59.8 Å². The number of ether oxygens (including phenoxy) is 1. The third kappa shape index (κ3) is 4.01. The largest absolute Gasteiger partial charge is 0.495 e. The van der Waals surface area contributed by atoms with Gasteiger partial charge in [-0.2, -0.15) is 0 Å². The van der Waals surface area contributed by atoms with E-state index in [1.807, 2.05) is 32.0 Å². The van der Waals surface area contributed by atoms with Crippen molar-refractivity contribution in [3.8, 4) is 5.75 Å². The van der Waals surface area contributed by atoms with Crippen LogP contribution < -0.4 is 10.1 Å². The van der Waals surface area contributed by atoms with Crippen LogP contribution in [-0.2, 0) is 4.79 Å². The summed E-state index contributed by atoms with van der Waals surface area (Å²) in [6, 6.07) is 14.1. The second-order valence-corrected chi connectivity index (χ2v) is 7.97. The van der Waals surface area contributed by atoms with Gasteiger partial charge in [0.15, 0.2) is 0 Å². The van der Waals surface area contributed by atoms with E-state index in [0.717, 1.165) is 37.2 Å². The summed E-state index contributed by atoms with van der Waals surface area (Å²) in [4.78, 5) is 18.5. The van der Waals surface area contributed by atoms with Gasteiger partial charge in [0.1, 0.15) is 5.75 Å². The molecular formula is C24H29N3O2. The number of likely N-dealkylation sites (tertiary alicyclic amines) is 1. The summed E-state index contributed by atoms with van der Waals surface area (Å²) in [5, 5.41) is 4.37. The topological polar surface area (TPSA) is 57.4 Å². The summed E-state index contributed by atoms with van der Waals surface area (Å²) in [6.07, 6.45) is 4.28. The quantitative estimate of drug-likeness (QED) is 0.663. The number of benzene rings is 2. The Hall–Kier alpha value is -2.79. The van der Waals surface area contributed by atoms with Crippen molar-refractivity contribution in [2.24, 2.45) is 0 Å². The van der Waals surface area contributed by atoms with E-state index >= 15 is 0 Å². The van der Waals surface area contributed by atoms with Crippen molar-refractivity contribution in [1.29, 1.82) is 0 Å². The molecule has 5 nitrogen and oxygen atoms in total. The highest BCUT2D eigenvalue weighted by molar-refractivity contribution is 5.96. The minimum absolute atomic E-state index is 0.0134. The summed E-state index contributed by atoms with van der Waals surface area (Å²) in [6.45, 7) is 5.84. The van der Waals surface area contributed by atoms with Gasteiger partial charge in [0, 0.05) is 17.1 Å². The maximum Gasteiger partial charge on any atom is 0.241 e. The number of hydrogen-bond donors (Lipinski definition) is 2. The Morgan fingerprint density at radius 2 is 1.97 bits per heavy atom. The number of hydrogen-bond acceptors (Lipinski definition) is 3. The molecule has 3 aromatic rings. The molecule has 0 radical (unpaired) electrons. The van der Waals surface area contributed by atoms with Crippen molar-refractivity contribution >= 4 is 22.5 Å². The predicted octanol–water partition coefficient (Wildman–Crippen LogP) is 4.69. The number of para-hydroxylation sites is 1. The number of aromatic amines is 1. The van der Waals surface area contributed by atoms with Gasteiger partial charge in [-0.15, -0.1) is 0 Å². The van der Waals surface area contributed by atoms with Crippen LogP contribution >= 0.6 is 0 Å². The standard InChI is InChI=1S/C24H29N3O2/c1-16-8-9-23(29-3)22(14-16)26-24(28)17(2)27-12-10-18(11-13-27)20-15-25-21-7-5-4-6-19(20)21/h4-9,14-15,17-18,25H,10-13H2,1-3H3,(H,26,28). The number of carbonyl (C=O) groups is 1. The third-order valence-corrected chi connectivity index (χ3v) is 6.13. The minimum Gasteiger partial charge on any atom is -0.495 e. The lowest BCUT2D eigenvalue weighted by atomic mass is 9.88. The Kier molecular flexibility index (Phi) is 5.58. The molecule has 2 heterocycles. The molecule has 2 aromatic carbocycles. The maximum absolute atomic E-state index is 12.9. The number of nitrogens with zero attached hydrogens (tertiary/aromatic N) is 1. The van der Waals surface area contributed by atoms with Crippen molar-refractivity contribution < 1.29 is 9.53 Å².